The molecule has 0 spiro atoms. The Morgan fingerprint density at radius 2 is 2.17 bits per heavy atom. The van der Waals surface area contributed by atoms with Crippen molar-refractivity contribution in [2.75, 3.05) is 5.32 Å². The van der Waals surface area contributed by atoms with Gasteiger partial charge in [0, 0.05) is 11.8 Å². The maximum Gasteiger partial charge on any atom is 0.426 e. The number of halogens is 2. The molecule has 0 unspecified atom stereocenters. The number of hydrogen-bond acceptors (Lipinski definition) is 3. The summed E-state index contributed by atoms with van der Waals surface area (Å²) in [6, 6.07) is 2.98. The number of anilines is 1. The van der Waals surface area contributed by atoms with E-state index in [9.17, 15) is 18.4 Å². The second-order valence-corrected chi connectivity index (χ2v) is 3.45. The van der Waals surface area contributed by atoms with Crippen LogP contribution in [0.4, 0.5) is 14.5 Å². The van der Waals surface area contributed by atoms with Crippen molar-refractivity contribution in [2.45, 2.75) is 6.54 Å². The lowest BCUT2D eigenvalue weighted by atomic mass is 10.3. The predicted molar refractivity (Wildman–Crippen MR) is 54.5 cm³/mol. The topological polar surface area (TPSA) is 79.0 Å². The first-order valence-electron chi connectivity index (χ1n) is 4.87. The van der Waals surface area contributed by atoms with Crippen LogP contribution in [0.25, 0.3) is 0 Å². The minimum Gasteiger partial charge on any atom is -0.320 e. The molecule has 0 bridgehead atoms. The average Bonchev–Trinajstić information content (AvgIpc) is 2.69. The van der Waals surface area contributed by atoms with E-state index in [2.05, 4.69) is 15.1 Å². The minimum atomic E-state index is -1.06. The molecule has 0 aliphatic carbocycles. The van der Waals surface area contributed by atoms with Crippen LogP contribution in [-0.4, -0.2) is 11.2 Å². The van der Waals surface area contributed by atoms with Gasteiger partial charge in [-0.05, 0) is 17.4 Å². The van der Waals surface area contributed by atoms with E-state index in [-0.39, 0.29) is 12.2 Å². The number of H-pyrrole nitrogens is 1. The number of benzene rings is 1. The smallest absolute Gasteiger partial charge is 0.320 e. The van der Waals surface area contributed by atoms with Gasteiger partial charge in [-0.15, -0.1) is 0 Å². The number of amides is 1. The number of aromatic amines is 1. The summed E-state index contributed by atoms with van der Waals surface area (Å²) in [5.74, 6) is -2.58. The van der Waals surface area contributed by atoms with Gasteiger partial charge in [0.1, 0.15) is 0 Å². The normalized spacial score (nSPS) is 10.3. The fourth-order valence-corrected chi connectivity index (χ4v) is 1.29. The molecule has 1 amide bonds. The molecule has 0 fully saturated rings. The van der Waals surface area contributed by atoms with Crippen LogP contribution in [0.2, 0.25) is 0 Å². The Hall–Kier alpha value is -2.51. The van der Waals surface area contributed by atoms with Gasteiger partial charge >= 0.3 is 5.63 Å². The number of aromatic nitrogens is 2. The molecule has 0 saturated carbocycles. The Morgan fingerprint density at radius 3 is 2.78 bits per heavy atom. The van der Waals surface area contributed by atoms with E-state index in [1.165, 1.54) is 6.07 Å². The van der Waals surface area contributed by atoms with Crippen molar-refractivity contribution in [1.82, 2.24) is 5.27 Å². The van der Waals surface area contributed by atoms with Crippen LogP contribution < -0.4 is 15.6 Å². The number of hydrogen-bond donors (Lipinski definition) is 2. The highest BCUT2D eigenvalue weighted by atomic mass is 19.2. The number of nitrogens with one attached hydrogen (secondary N) is 2. The summed E-state index contributed by atoms with van der Waals surface area (Å²) in [6.45, 7) is -0.218. The molecule has 2 aromatic rings. The van der Waals surface area contributed by atoms with Gasteiger partial charge in [-0.1, -0.05) is 4.68 Å². The molecule has 0 radical (unpaired) electrons. The van der Waals surface area contributed by atoms with Crippen molar-refractivity contribution in [3.63, 3.8) is 0 Å². The number of carbonyl (C=O) groups is 1. The highest BCUT2D eigenvalue weighted by molar-refractivity contribution is 5.89. The quantitative estimate of drug-likeness (QED) is 0.768. The van der Waals surface area contributed by atoms with Crippen molar-refractivity contribution in [3.8, 4) is 0 Å². The summed E-state index contributed by atoms with van der Waals surface area (Å²) in [4.78, 5) is 22.1. The summed E-state index contributed by atoms with van der Waals surface area (Å²) in [5.41, 5.74) is -0.513. The molecule has 1 aromatic heterocycles. The zero-order valence-corrected chi connectivity index (χ0v) is 8.94. The monoisotopic (exact) mass is 256 g/mol. The summed E-state index contributed by atoms with van der Waals surface area (Å²) < 4.78 is 31.0. The van der Waals surface area contributed by atoms with E-state index in [1.807, 2.05) is 0 Å². The van der Waals surface area contributed by atoms with E-state index < -0.39 is 23.2 Å². The molecular formula is C10H8F2N3O3+. The first-order valence-corrected chi connectivity index (χ1v) is 4.87. The minimum absolute atomic E-state index is 0.116. The molecule has 0 saturated heterocycles. The summed E-state index contributed by atoms with van der Waals surface area (Å²) in [7, 11) is 0. The van der Waals surface area contributed by atoms with E-state index in [1.54, 1.807) is 0 Å². The maximum absolute atomic E-state index is 12.9. The Labute approximate surface area is 98.8 Å². The van der Waals surface area contributed by atoms with Gasteiger partial charge in [-0.25, -0.2) is 13.6 Å². The fraction of sp³-hybridized carbons (Fsp3) is 0.100. The van der Waals surface area contributed by atoms with Crippen LogP contribution in [0.1, 0.15) is 0 Å². The van der Waals surface area contributed by atoms with E-state index in [0.29, 0.717) is 0 Å². The lowest BCUT2D eigenvalue weighted by molar-refractivity contribution is -0.750. The molecule has 6 nitrogen and oxygen atoms in total. The van der Waals surface area contributed by atoms with Crippen LogP contribution in [0.5, 0.6) is 0 Å². The molecule has 0 aliphatic heterocycles. The third-order valence-electron chi connectivity index (χ3n) is 2.04. The molecule has 0 aliphatic rings. The number of nitrogens with zero attached hydrogens (tertiary/aromatic N) is 1. The second kappa shape index (κ2) is 4.78. The van der Waals surface area contributed by atoms with Crippen LogP contribution in [0.15, 0.2) is 33.7 Å². The summed E-state index contributed by atoms with van der Waals surface area (Å²) in [6.07, 6.45) is 1.05. The van der Waals surface area contributed by atoms with Crippen LogP contribution in [0.3, 0.4) is 0 Å². The molecule has 2 N–H and O–H groups in total. The molecule has 1 aromatic carbocycles. The lowest BCUT2D eigenvalue weighted by Gasteiger charge is -2.02. The Morgan fingerprint density at radius 1 is 1.39 bits per heavy atom. The fourth-order valence-electron chi connectivity index (χ4n) is 1.29. The van der Waals surface area contributed by atoms with E-state index in [0.717, 1.165) is 23.0 Å². The average molecular weight is 256 g/mol. The third-order valence-corrected chi connectivity index (χ3v) is 2.04. The van der Waals surface area contributed by atoms with Crippen molar-refractivity contribution in [1.29, 1.82) is 0 Å². The van der Waals surface area contributed by atoms with Gasteiger partial charge in [0.05, 0.1) is 0 Å². The van der Waals surface area contributed by atoms with E-state index in [4.69, 9.17) is 0 Å². The molecular weight excluding hydrogens is 248 g/mol. The van der Waals surface area contributed by atoms with Gasteiger partial charge < -0.3 is 5.32 Å². The van der Waals surface area contributed by atoms with E-state index >= 15 is 0 Å². The van der Waals surface area contributed by atoms with Crippen LogP contribution in [-0.2, 0) is 11.3 Å². The number of carbonyl (C=O) groups excluding carboxylic acids is 1. The summed E-state index contributed by atoms with van der Waals surface area (Å²) in [5, 5.41) is 4.51. The Balaban J connectivity index is 2.02. The SMILES string of the molecule is O=C(C[n+]1cc(=O)o[nH]1)Nc1ccc(F)c(F)c1. The van der Waals surface area contributed by atoms with Crippen molar-refractivity contribution >= 4 is 11.6 Å². The zero-order valence-electron chi connectivity index (χ0n) is 8.94. The molecule has 2 rings (SSSR count). The molecule has 1 heterocycles. The molecule has 0 atom stereocenters. The van der Waals surface area contributed by atoms with Gasteiger partial charge in [-0.3, -0.25) is 9.32 Å². The highest BCUT2D eigenvalue weighted by Gasteiger charge is 2.13. The molecule has 94 valence electrons. The Kier molecular flexibility index (Phi) is 3.18. The largest absolute Gasteiger partial charge is 0.426 e. The summed E-state index contributed by atoms with van der Waals surface area (Å²) >= 11 is 0. The zero-order chi connectivity index (χ0) is 13.1. The third kappa shape index (κ3) is 2.78. The standard InChI is InChI=1S/C10H7F2N3O3/c11-7-2-1-6(3-8(7)12)13-9(16)4-15-5-10(17)18-14-15/h1-3,5H,4H2,(H-,13,14,16,17)/p+1. The van der Waals surface area contributed by atoms with Crippen molar-refractivity contribution in [3.05, 3.63) is 46.5 Å². The second-order valence-electron chi connectivity index (χ2n) is 3.45. The molecule has 18 heavy (non-hydrogen) atoms. The van der Waals surface area contributed by atoms with Crippen molar-refractivity contribution < 1.29 is 22.8 Å². The predicted octanol–water partition coefficient (Wildman–Crippen LogP) is 0.172. The van der Waals surface area contributed by atoms with Gasteiger partial charge in [0.15, 0.2) is 11.6 Å². The lowest BCUT2D eigenvalue weighted by Crippen LogP contribution is -2.41. The van der Waals surface area contributed by atoms with Crippen molar-refractivity contribution in [2.24, 2.45) is 0 Å². The van der Waals surface area contributed by atoms with Crippen LogP contribution in [0, 0.1) is 11.6 Å². The van der Waals surface area contributed by atoms with Crippen LogP contribution >= 0.6 is 0 Å². The van der Waals surface area contributed by atoms with Gasteiger partial charge in [0.25, 0.3) is 18.6 Å². The van der Waals surface area contributed by atoms with Gasteiger partial charge in [-0.2, -0.15) is 0 Å². The van der Waals surface area contributed by atoms with Gasteiger partial charge in [0.2, 0.25) is 0 Å². The Bertz CT molecular complexity index is 635. The number of rotatable bonds is 3. The molecule has 8 heteroatoms. The highest BCUT2D eigenvalue weighted by Crippen LogP contribution is 2.12. The first-order chi connectivity index (χ1) is 8.54. The maximum atomic E-state index is 12.9. The first kappa shape index (κ1) is 12.0.